The molecule has 0 bridgehead atoms. The van der Waals surface area contributed by atoms with E-state index in [2.05, 4.69) is 15.0 Å². The van der Waals surface area contributed by atoms with Gasteiger partial charge in [0.1, 0.15) is 11.6 Å². The van der Waals surface area contributed by atoms with Crippen LogP contribution in [-0.4, -0.2) is 15.0 Å². The molecule has 0 radical (unpaired) electrons. The molecule has 2 aromatic heterocycles. The molecule has 0 saturated heterocycles. The van der Waals surface area contributed by atoms with Crippen molar-refractivity contribution in [2.75, 3.05) is 5.73 Å². The molecule has 5 nitrogen and oxygen atoms in total. The monoisotopic (exact) mass is 216 g/mol. The van der Waals surface area contributed by atoms with Crippen LogP contribution in [0.25, 0.3) is 17.0 Å². The third-order valence-electron chi connectivity index (χ3n) is 2.18. The molecule has 0 atom stereocenters. The third-order valence-corrected chi connectivity index (χ3v) is 2.18. The number of aromatic nitrogens is 3. The van der Waals surface area contributed by atoms with Crippen molar-refractivity contribution in [1.29, 1.82) is 0 Å². The smallest absolute Gasteiger partial charge is 0.260 e. The number of rotatable bonds is 1. The Morgan fingerprint density at radius 3 is 2.88 bits per heavy atom. The number of anilines is 1. The number of aryl methyl sites for hydroxylation is 1. The summed E-state index contributed by atoms with van der Waals surface area (Å²) in [5, 5.41) is 0.470. The highest BCUT2D eigenvalue weighted by Crippen LogP contribution is 2.15. The molecule has 2 heterocycles. The van der Waals surface area contributed by atoms with E-state index in [4.69, 9.17) is 5.73 Å². The van der Waals surface area contributed by atoms with Crippen molar-refractivity contribution in [3.8, 4) is 0 Å². The van der Waals surface area contributed by atoms with Crippen LogP contribution in [0.3, 0.4) is 0 Å². The van der Waals surface area contributed by atoms with E-state index in [1.165, 1.54) is 0 Å². The fourth-order valence-corrected chi connectivity index (χ4v) is 1.61. The molecule has 0 saturated carbocycles. The van der Waals surface area contributed by atoms with Gasteiger partial charge in [-0.2, -0.15) is 0 Å². The lowest BCUT2D eigenvalue weighted by atomic mass is 10.2. The van der Waals surface area contributed by atoms with Crippen LogP contribution in [0.4, 0.5) is 5.82 Å². The standard InChI is InChI=1S/C11H12N4O/c1-3-4-7-10-8(5-9(12)15-7)13-6(2)14-11(10)16/h3-5H,1-2H3,(H2,12,15)(H,13,14,16)/b4-3+. The van der Waals surface area contributed by atoms with Crippen LogP contribution < -0.4 is 11.3 Å². The lowest BCUT2D eigenvalue weighted by Gasteiger charge is -2.03. The second kappa shape index (κ2) is 3.77. The first kappa shape index (κ1) is 10.4. The number of nitrogens with two attached hydrogens (primary N) is 1. The normalized spacial score (nSPS) is 11.4. The zero-order valence-electron chi connectivity index (χ0n) is 9.11. The minimum Gasteiger partial charge on any atom is -0.384 e. The molecule has 2 rings (SSSR count). The summed E-state index contributed by atoms with van der Waals surface area (Å²) >= 11 is 0. The van der Waals surface area contributed by atoms with E-state index in [0.717, 1.165) is 0 Å². The summed E-state index contributed by atoms with van der Waals surface area (Å²) in [5.41, 5.74) is 6.58. The van der Waals surface area contributed by atoms with Gasteiger partial charge in [-0.3, -0.25) is 4.79 Å². The minimum absolute atomic E-state index is 0.192. The molecular weight excluding hydrogens is 204 g/mol. The summed E-state index contributed by atoms with van der Waals surface area (Å²) in [4.78, 5) is 22.8. The number of pyridine rings is 1. The van der Waals surface area contributed by atoms with Gasteiger partial charge < -0.3 is 10.7 Å². The number of aromatic amines is 1. The van der Waals surface area contributed by atoms with E-state index in [1.807, 2.05) is 6.92 Å². The fourth-order valence-electron chi connectivity index (χ4n) is 1.61. The van der Waals surface area contributed by atoms with Gasteiger partial charge in [0, 0.05) is 6.07 Å². The summed E-state index contributed by atoms with van der Waals surface area (Å²) in [6.45, 7) is 3.58. The molecule has 82 valence electrons. The Hall–Kier alpha value is -2.17. The molecule has 0 fully saturated rings. The van der Waals surface area contributed by atoms with Gasteiger partial charge in [-0.05, 0) is 19.9 Å². The van der Waals surface area contributed by atoms with Crippen LogP contribution in [0.15, 0.2) is 16.9 Å². The molecule has 0 aromatic carbocycles. The summed E-state index contributed by atoms with van der Waals surface area (Å²) in [7, 11) is 0. The average molecular weight is 216 g/mol. The zero-order valence-corrected chi connectivity index (χ0v) is 9.11. The first-order valence-electron chi connectivity index (χ1n) is 4.91. The van der Waals surface area contributed by atoms with Crippen LogP contribution in [0.5, 0.6) is 0 Å². The quantitative estimate of drug-likeness (QED) is 0.751. The maximum atomic E-state index is 11.8. The third kappa shape index (κ3) is 1.67. The maximum absolute atomic E-state index is 11.8. The molecule has 0 amide bonds. The Morgan fingerprint density at radius 2 is 2.19 bits per heavy atom. The summed E-state index contributed by atoms with van der Waals surface area (Å²) in [5.74, 6) is 0.924. The van der Waals surface area contributed by atoms with Gasteiger partial charge >= 0.3 is 0 Å². The van der Waals surface area contributed by atoms with E-state index in [9.17, 15) is 4.79 Å². The highest BCUT2D eigenvalue weighted by atomic mass is 16.1. The van der Waals surface area contributed by atoms with E-state index in [-0.39, 0.29) is 5.56 Å². The van der Waals surface area contributed by atoms with Crippen LogP contribution in [-0.2, 0) is 0 Å². The average Bonchev–Trinajstić information content (AvgIpc) is 2.15. The molecular formula is C11H12N4O. The van der Waals surface area contributed by atoms with Crippen molar-refractivity contribution in [3.63, 3.8) is 0 Å². The first-order valence-corrected chi connectivity index (χ1v) is 4.91. The zero-order chi connectivity index (χ0) is 11.7. The lowest BCUT2D eigenvalue weighted by Crippen LogP contribution is -2.12. The molecule has 5 heteroatoms. The summed E-state index contributed by atoms with van der Waals surface area (Å²) < 4.78 is 0. The van der Waals surface area contributed by atoms with Gasteiger partial charge in [-0.25, -0.2) is 9.97 Å². The molecule has 3 N–H and O–H groups in total. The van der Waals surface area contributed by atoms with Crippen molar-refractivity contribution in [2.45, 2.75) is 13.8 Å². The number of nitrogens with zero attached hydrogens (tertiary/aromatic N) is 2. The Morgan fingerprint density at radius 1 is 1.44 bits per heavy atom. The van der Waals surface area contributed by atoms with Gasteiger partial charge in [0.05, 0.1) is 16.6 Å². The number of hydrogen-bond acceptors (Lipinski definition) is 4. The van der Waals surface area contributed by atoms with Crippen molar-refractivity contribution in [1.82, 2.24) is 15.0 Å². The van der Waals surface area contributed by atoms with Crippen LogP contribution in [0, 0.1) is 6.92 Å². The SMILES string of the molecule is C/C=C/c1nc(N)cc2nc(C)[nH]c(=O)c12. The van der Waals surface area contributed by atoms with E-state index in [1.54, 1.807) is 25.1 Å². The number of hydrogen-bond donors (Lipinski definition) is 2. The molecule has 16 heavy (non-hydrogen) atoms. The second-order valence-electron chi connectivity index (χ2n) is 3.48. The highest BCUT2D eigenvalue weighted by Gasteiger charge is 2.08. The summed E-state index contributed by atoms with van der Waals surface area (Å²) in [6, 6.07) is 1.60. The van der Waals surface area contributed by atoms with Gasteiger partial charge in [0.25, 0.3) is 5.56 Å². The van der Waals surface area contributed by atoms with Crippen LogP contribution >= 0.6 is 0 Å². The largest absolute Gasteiger partial charge is 0.384 e. The van der Waals surface area contributed by atoms with Crippen LogP contribution in [0.1, 0.15) is 18.4 Å². The molecule has 0 aliphatic carbocycles. The Labute approximate surface area is 92.0 Å². The number of fused-ring (bicyclic) bond motifs is 1. The Kier molecular flexibility index (Phi) is 2.44. The minimum atomic E-state index is -0.192. The second-order valence-corrected chi connectivity index (χ2v) is 3.48. The first-order chi connectivity index (χ1) is 7.61. The molecule has 0 unspecified atom stereocenters. The van der Waals surface area contributed by atoms with Crippen molar-refractivity contribution in [2.24, 2.45) is 0 Å². The lowest BCUT2D eigenvalue weighted by molar-refractivity contribution is 1.05. The topological polar surface area (TPSA) is 84.7 Å². The van der Waals surface area contributed by atoms with Crippen molar-refractivity contribution in [3.05, 3.63) is 34.0 Å². The number of nitrogen functional groups attached to an aromatic ring is 1. The molecule has 0 aliphatic heterocycles. The molecule has 0 spiro atoms. The van der Waals surface area contributed by atoms with E-state index in [0.29, 0.717) is 28.2 Å². The van der Waals surface area contributed by atoms with Gasteiger partial charge in [0.15, 0.2) is 0 Å². The molecule has 2 aromatic rings. The van der Waals surface area contributed by atoms with Gasteiger partial charge in [-0.1, -0.05) is 6.08 Å². The summed E-state index contributed by atoms with van der Waals surface area (Å²) in [6.07, 6.45) is 3.55. The van der Waals surface area contributed by atoms with Crippen LogP contribution in [0.2, 0.25) is 0 Å². The van der Waals surface area contributed by atoms with Crippen molar-refractivity contribution < 1.29 is 0 Å². The van der Waals surface area contributed by atoms with E-state index < -0.39 is 0 Å². The Balaban J connectivity index is 2.95. The van der Waals surface area contributed by atoms with Gasteiger partial charge in [-0.15, -0.1) is 0 Å². The number of nitrogens with one attached hydrogen (secondary N) is 1. The number of allylic oxidation sites excluding steroid dienone is 1. The van der Waals surface area contributed by atoms with Gasteiger partial charge in [0.2, 0.25) is 0 Å². The predicted octanol–water partition coefficient (Wildman–Crippen LogP) is 1.24. The molecule has 0 aliphatic rings. The Bertz CT molecular complexity index is 622. The van der Waals surface area contributed by atoms with E-state index >= 15 is 0 Å². The predicted molar refractivity (Wildman–Crippen MR) is 64.0 cm³/mol. The van der Waals surface area contributed by atoms with Crippen molar-refractivity contribution >= 4 is 22.8 Å². The maximum Gasteiger partial charge on any atom is 0.260 e. The highest BCUT2D eigenvalue weighted by molar-refractivity contribution is 5.87. The fraction of sp³-hybridized carbons (Fsp3) is 0.182. The number of H-pyrrole nitrogens is 1.